The van der Waals surface area contributed by atoms with Crippen LogP contribution in [0.5, 0.6) is 0 Å². The van der Waals surface area contributed by atoms with Gasteiger partial charge in [0.1, 0.15) is 11.6 Å². The van der Waals surface area contributed by atoms with Gasteiger partial charge in [0, 0.05) is 17.7 Å². The number of hydrogen-bond acceptors (Lipinski definition) is 4. The number of furan rings is 1. The van der Waals surface area contributed by atoms with E-state index in [4.69, 9.17) is 10.3 Å². The van der Waals surface area contributed by atoms with Crippen molar-refractivity contribution in [3.8, 4) is 0 Å². The minimum Gasteiger partial charge on any atom is -0.468 e. The quantitative estimate of drug-likeness (QED) is 0.485. The van der Waals surface area contributed by atoms with E-state index in [-0.39, 0.29) is 5.82 Å². The summed E-state index contributed by atoms with van der Waals surface area (Å²) in [6.45, 7) is 3.68. The number of halogens is 1. The van der Waals surface area contributed by atoms with Gasteiger partial charge in [-0.3, -0.25) is 15.1 Å². The maximum absolute atomic E-state index is 13.9. The molecule has 1 amide bonds. The van der Waals surface area contributed by atoms with E-state index in [0.717, 1.165) is 12.3 Å². The van der Waals surface area contributed by atoms with E-state index in [1.54, 1.807) is 6.26 Å². The zero-order chi connectivity index (χ0) is 15.2. The Kier molecular flexibility index (Phi) is 5.08. The van der Waals surface area contributed by atoms with Crippen LogP contribution in [-0.2, 0) is 13.1 Å². The van der Waals surface area contributed by atoms with Gasteiger partial charge in [-0.05, 0) is 36.9 Å². The van der Waals surface area contributed by atoms with Gasteiger partial charge in [-0.2, -0.15) is 0 Å². The van der Waals surface area contributed by atoms with Crippen LogP contribution in [0.4, 0.5) is 4.39 Å². The number of hydrogen-bond donors (Lipinski definition) is 2. The smallest absolute Gasteiger partial charge is 0.265 e. The van der Waals surface area contributed by atoms with E-state index in [2.05, 4.69) is 0 Å². The number of rotatable bonds is 6. The van der Waals surface area contributed by atoms with Crippen molar-refractivity contribution in [2.75, 3.05) is 6.54 Å². The summed E-state index contributed by atoms with van der Waals surface area (Å²) in [7, 11) is 0. The molecule has 2 aromatic rings. The van der Waals surface area contributed by atoms with Gasteiger partial charge in [-0.1, -0.05) is 6.92 Å². The Morgan fingerprint density at radius 2 is 2.19 bits per heavy atom. The summed E-state index contributed by atoms with van der Waals surface area (Å²) >= 11 is 0. The molecule has 0 atom stereocenters. The molecule has 5 nitrogen and oxygen atoms in total. The van der Waals surface area contributed by atoms with E-state index in [1.807, 2.05) is 29.4 Å². The minimum atomic E-state index is -0.440. The molecule has 0 saturated heterocycles. The molecule has 0 fully saturated rings. The molecule has 0 aliphatic carbocycles. The Bertz CT molecular complexity index is 599. The van der Waals surface area contributed by atoms with E-state index in [1.165, 1.54) is 18.2 Å². The molecule has 112 valence electrons. The molecule has 2 rings (SSSR count). The fraction of sp³-hybridized carbons (Fsp3) is 0.267. The highest BCUT2D eigenvalue weighted by molar-refractivity contribution is 5.93. The minimum absolute atomic E-state index is 0.336. The summed E-state index contributed by atoms with van der Waals surface area (Å²) in [5.41, 5.74) is 2.83. The Labute approximate surface area is 122 Å². The first-order valence-electron chi connectivity index (χ1n) is 6.68. The van der Waals surface area contributed by atoms with Crippen molar-refractivity contribution >= 4 is 5.91 Å². The van der Waals surface area contributed by atoms with Gasteiger partial charge in [0.15, 0.2) is 0 Å². The van der Waals surface area contributed by atoms with Crippen LogP contribution >= 0.6 is 0 Å². The fourth-order valence-corrected chi connectivity index (χ4v) is 2.06. The fourth-order valence-electron chi connectivity index (χ4n) is 2.06. The van der Waals surface area contributed by atoms with Crippen molar-refractivity contribution in [3.63, 3.8) is 0 Å². The number of nitrogens with one attached hydrogen (secondary N) is 1. The lowest BCUT2D eigenvalue weighted by Crippen LogP contribution is -2.30. The molecule has 0 radical (unpaired) electrons. The third kappa shape index (κ3) is 3.90. The number of amides is 1. The van der Waals surface area contributed by atoms with Crippen molar-refractivity contribution < 1.29 is 13.6 Å². The molecule has 0 bridgehead atoms. The zero-order valence-corrected chi connectivity index (χ0v) is 11.8. The zero-order valence-electron chi connectivity index (χ0n) is 11.8. The molecule has 1 aromatic heterocycles. The molecule has 0 saturated carbocycles. The summed E-state index contributed by atoms with van der Waals surface area (Å²) in [6.07, 6.45) is 1.61. The first kappa shape index (κ1) is 15.2. The maximum Gasteiger partial charge on any atom is 0.265 e. The molecule has 1 aromatic carbocycles. The molecule has 6 heteroatoms. The summed E-state index contributed by atoms with van der Waals surface area (Å²) in [4.78, 5) is 13.5. The van der Waals surface area contributed by atoms with Gasteiger partial charge in [0.2, 0.25) is 0 Å². The third-order valence-electron chi connectivity index (χ3n) is 3.24. The highest BCUT2D eigenvalue weighted by Gasteiger charge is 2.13. The molecule has 0 spiro atoms. The van der Waals surface area contributed by atoms with Crippen LogP contribution in [0.1, 0.15) is 28.6 Å². The predicted molar refractivity (Wildman–Crippen MR) is 76.5 cm³/mol. The van der Waals surface area contributed by atoms with E-state index >= 15 is 0 Å². The van der Waals surface area contributed by atoms with Crippen LogP contribution in [0.15, 0.2) is 41.0 Å². The molecular weight excluding hydrogens is 273 g/mol. The van der Waals surface area contributed by atoms with Crippen molar-refractivity contribution in [2.24, 2.45) is 5.84 Å². The Balaban J connectivity index is 2.14. The topological polar surface area (TPSA) is 71.5 Å². The second-order valence-electron chi connectivity index (χ2n) is 4.66. The number of carbonyl (C=O) groups excluding carboxylic acids is 1. The second kappa shape index (κ2) is 7.01. The van der Waals surface area contributed by atoms with Crippen molar-refractivity contribution in [1.82, 2.24) is 10.3 Å². The van der Waals surface area contributed by atoms with Crippen LogP contribution in [0, 0.1) is 5.82 Å². The number of carbonyl (C=O) groups is 1. The monoisotopic (exact) mass is 291 g/mol. The van der Waals surface area contributed by atoms with Crippen molar-refractivity contribution in [2.45, 2.75) is 20.0 Å². The van der Waals surface area contributed by atoms with Gasteiger partial charge in [0.25, 0.3) is 5.91 Å². The molecule has 3 N–H and O–H groups in total. The Morgan fingerprint density at radius 1 is 1.38 bits per heavy atom. The first-order valence-corrected chi connectivity index (χ1v) is 6.68. The van der Waals surface area contributed by atoms with Crippen LogP contribution in [0.2, 0.25) is 0 Å². The van der Waals surface area contributed by atoms with E-state index in [0.29, 0.717) is 24.2 Å². The number of nitrogens with two attached hydrogens (primary N) is 1. The van der Waals surface area contributed by atoms with Crippen LogP contribution in [-0.4, -0.2) is 17.4 Å². The van der Waals surface area contributed by atoms with Crippen LogP contribution in [0.3, 0.4) is 0 Å². The van der Waals surface area contributed by atoms with Gasteiger partial charge in [-0.15, -0.1) is 0 Å². The molecule has 1 heterocycles. The number of hydrazine groups is 1. The Morgan fingerprint density at radius 3 is 2.81 bits per heavy atom. The van der Waals surface area contributed by atoms with E-state index in [9.17, 15) is 9.18 Å². The molecule has 21 heavy (non-hydrogen) atoms. The maximum atomic E-state index is 13.9. The highest BCUT2D eigenvalue weighted by atomic mass is 19.1. The number of nitrogen functional groups attached to an aromatic ring is 1. The van der Waals surface area contributed by atoms with Gasteiger partial charge >= 0.3 is 0 Å². The van der Waals surface area contributed by atoms with Crippen molar-refractivity contribution in [3.05, 3.63) is 59.3 Å². The average molecular weight is 291 g/mol. The standard InChI is InChI=1S/C15H18FN3O2/c1-2-19(10-13-4-3-7-21-13)9-12-8-11(15(20)18-17)5-6-14(12)16/h3-8H,2,9-10,17H2,1H3,(H,18,20). The number of nitrogens with zero attached hydrogens (tertiary/aromatic N) is 1. The first-order chi connectivity index (χ1) is 10.1. The lowest BCUT2D eigenvalue weighted by Gasteiger charge is -2.19. The van der Waals surface area contributed by atoms with Gasteiger partial charge < -0.3 is 4.42 Å². The molecule has 0 aliphatic rings. The number of benzene rings is 1. The van der Waals surface area contributed by atoms with Crippen LogP contribution in [0.25, 0.3) is 0 Å². The van der Waals surface area contributed by atoms with Crippen LogP contribution < -0.4 is 11.3 Å². The third-order valence-corrected chi connectivity index (χ3v) is 3.24. The summed E-state index contributed by atoms with van der Waals surface area (Å²) in [6, 6.07) is 7.89. The average Bonchev–Trinajstić information content (AvgIpc) is 3.00. The SMILES string of the molecule is CCN(Cc1ccco1)Cc1cc(C(=O)NN)ccc1F. The summed E-state index contributed by atoms with van der Waals surface area (Å²) < 4.78 is 19.2. The lowest BCUT2D eigenvalue weighted by molar-refractivity contribution is 0.0953. The summed E-state index contributed by atoms with van der Waals surface area (Å²) in [5.74, 6) is 5.12. The van der Waals surface area contributed by atoms with Gasteiger partial charge in [-0.25, -0.2) is 10.2 Å². The normalized spacial score (nSPS) is 10.9. The Hall–Kier alpha value is -2.18. The molecular formula is C15H18FN3O2. The van der Waals surface area contributed by atoms with Gasteiger partial charge in [0.05, 0.1) is 12.8 Å². The van der Waals surface area contributed by atoms with Crippen molar-refractivity contribution in [1.29, 1.82) is 0 Å². The molecule has 0 aliphatic heterocycles. The summed E-state index contributed by atoms with van der Waals surface area (Å²) in [5, 5.41) is 0. The second-order valence-corrected chi connectivity index (χ2v) is 4.66. The lowest BCUT2D eigenvalue weighted by atomic mass is 10.1. The molecule has 0 unspecified atom stereocenters. The highest BCUT2D eigenvalue weighted by Crippen LogP contribution is 2.15. The van der Waals surface area contributed by atoms with E-state index < -0.39 is 5.91 Å². The largest absolute Gasteiger partial charge is 0.468 e. The predicted octanol–water partition coefficient (Wildman–Crippen LogP) is 2.04.